The Bertz CT molecular complexity index is 1020. The Morgan fingerprint density at radius 2 is 1.80 bits per heavy atom. The van der Waals surface area contributed by atoms with E-state index < -0.39 is 54.5 Å². The molecule has 0 aliphatic carbocycles. The van der Waals surface area contributed by atoms with E-state index in [0.717, 1.165) is 11.1 Å². The summed E-state index contributed by atoms with van der Waals surface area (Å²) < 4.78 is 10.7. The number of carbonyl (C=O) groups excluding carboxylic acids is 1. The molecule has 188 valence electrons. The highest BCUT2D eigenvalue weighted by molar-refractivity contribution is 5.94. The van der Waals surface area contributed by atoms with Gasteiger partial charge in [0.25, 0.3) is 11.7 Å². The number of hydrogen-bond donors (Lipinski definition) is 6. The van der Waals surface area contributed by atoms with Crippen LogP contribution in [-0.2, 0) is 14.3 Å². The van der Waals surface area contributed by atoms with Gasteiger partial charge < -0.3 is 41.0 Å². The minimum Gasteiger partial charge on any atom is -0.477 e. The number of carboxylic acids is 1. The molecular formula is C25H30N2O8. The van der Waals surface area contributed by atoms with E-state index in [1.165, 1.54) is 6.08 Å². The normalized spacial score (nSPS) is 25.9. The Kier molecular flexibility index (Phi) is 8.73. The van der Waals surface area contributed by atoms with Crippen molar-refractivity contribution in [3.8, 4) is 11.1 Å². The highest BCUT2D eigenvalue weighted by Gasteiger charge is 2.54. The van der Waals surface area contributed by atoms with Gasteiger partial charge >= 0.3 is 5.97 Å². The number of aliphatic hydroxyl groups is 3. The molecule has 6 atom stereocenters. The lowest BCUT2D eigenvalue weighted by Crippen LogP contribution is -2.66. The third kappa shape index (κ3) is 6.12. The van der Waals surface area contributed by atoms with Gasteiger partial charge in [-0.05, 0) is 23.3 Å². The molecule has 2 aromatic rings. The van der Waals surface area contributed by atoms with Crippen LogP contribution in [0.3, 0.4) is 0 Å². The van der Waals surface area contributed by atoms with Crippen molar-refractivity contribution in [2.75, 3.05) is 13.2 Å². The Labute approximate surface area is 202 Å². The van der Waals surface area contributed by atoms with Crippen molar-refractivity contribution >= 4 is 11.9 Å². The minimum absolute atomic E-state index is 0.196. The van der Waals surface area contributed by atoms with E-state index in [-0.39, 0.29) is 13.2 Å². The molecule has 0 bridgehead atoms. The average molecular weight is 487 g/mol. The number of rotatable bonds is 10. The van der Waals surface area contributed by atoms with Crippen LogP contribution in [-0.4, -0.2) is 81.7 Å². The maximum absolute atomic E-state index is 12.5. The zero-order chi connectivity index (χ0) is 25.6. The van der Waals surface area contributed by atoms with E-state index in [4.69, 9.17) is 15.2 Å². The lowest BCUT2D eigenvalue weighted by molar-refractivity contribution is -0.305. The van der Waals surface area contributed by atoms with Gasteiger partial charge in [0, 0.05) is 18.5 Å². The van der Waals surface area contributed by atoms with Gasteiger partial charge in [0.15, 0.2) is 0 Å². The summed E-state index contributed by atoms with van der Waals surface area (Å²) >= 11 is 0. The van der Waals surface area contributed by atoms with Crippen LogP contribution in [0.1, 0.15) is 16.8 Å². The fourth-order valence-corrected chi connectivity index (χ4v) is 3.84. The Balaban J connectivity index is 1.63. The van der Waals surface area contributed by atoms with Crippen LogP contribution in [0.15, 0.2) is 67.3 Å². The smallest absolute Gasteiger partial charge is 0.364 e. The monoisotopic (exact) mass is 486 g/mol. The molecule has 0 saturated carbocycles. The lowest BCUT2D eigenvalue weighted by Gasteiger charge is -2.45. The van der Waals surface area contributed by atoms with Crippen molar-refractivity contribution in [2.45, 2.75) is 42.7 Å². The fourth-order valence-electron chi connectivity index (χ4n) is 3.84. The first kappa shape index (κ1) is 26.5. The first-order valence-electron chi connectivity index (χ1n) is 11.1. The predicted octanol–water partition coefficient (Wildman–Crippen LogP) is 0.266. The van der Waals surface area contributed by atoms with Crippen LogP contribution >= 0.6 is 0 Å². The average Bonchev–Trinajstić information content (AvgIpc) is 2.87. The number of nitrogens with one attached hydrogen (secondary N) is 1. The summed E-state index contributed by atoms with van der Waals surface area (Å²) in [5.74, 6) is -4.29. The van der Waals surface area contributed by atoms with E-state index in [2.05, 4.69) is 11.9 Å². The molecule has 0 aromatic heterocycles. The van der Waals surface area contributed by atoms with Crippen molar-refractivity contribution in [1.29, 1.82) is 0 Å². The second-order valence-electron chi connectivity index (χ2n) is 8.30. The summed E-state index contributed by atoms with van der Waals surface area (Å²) in [7, 11) is 0. The molecule has 2 aromatic carbocycles. The molecule has 1 heterocycles. The number of carbonyl (C=O) groups is 2. The summed E-state index contributed by atoms with van der Waals surface area (Å²) in [4.78, 5) is 24.3. The van der Waals surface area contributed by atoms with Gasteiger partial charge in [0.1, 0.15) is 12.2 Å². The summed E-state index contributed by atoms with van der Waals surface area (Å²) in [6, 6.07) is 15.3. The lowest BCUT2D eigenvalue weighted by atomic mass is 9.89. The number of benzene rings is 2. The SMILES string of the molecule is C=CCOC1(C(=O)O)CC(O)C(N)C(C(O)C(O)CNC(=O)c2ccc(-c3ccccc3)cc2)O1. The number of nitrogens with two attached hydrogens (primary N) is 1. The van der Waals surface area contributed by atoms with Crippen LogP contribution in [0, 0.1) is 0 Å². The maximum Gasteiger partial charge on any atom is 0.364 e. The van der Waals surface area contributed by atoms with Crippen molar-refractivity contribution in [1.82, 2.24) is 5.32 Å². The number of aliphatic hydroxyl groups excluding tert-OH is 3. The van der Waals surface area contributed by atoms with Gasteiger partial charge in [-0.1, -0.05) is 48.5 Å². The largest absolute Gasteiger partial charge is 0.477 e. The molecule has 6 unspecified atom stereocenters. The number of hydrogen-bond acceptors (Lipinski definition) is 8. The molecule has 1 amide bonds. The molecule has 1 aliphatic heterocycles. The molecule has 35 heavy (non-hydrogen) atoms. The van der Waals surface area contributed by atoms with Crippen molar-refractivity contribution in [2.24, 2.45) is 5.73 Å². The molecular weight excluding hydrogens is 456 g/mol. The van der Waals surface area contributed by atoms with Crippen molar-refractivity contribution in [3.05, 3.63) is 72.8 Å². The number of ether oxygens (including phenoxy) is 2. The zero-order valence-corrected chi connectivity index (χ0v) is 19.0. The molecule has 10 heteroatoms. The number of carboxylic acid groups (broad SMARTS) is 1. The maximum atomic E-state index is 12.5. The molecule has 3 rings (SSSR count). The molecule has 0 spiro atoms. The van der Waals surface area contributed by atoms with Gasteiger partial charge in [0.05, 0.1) is 24.9 Å². The van der Waals surface area contributed by atoms with E-state index in [1.807, 2.05) is 30.3 Å². The summed E-state index contributed by atoms with van der Waals surface area (Å²) in [6.45, 7) is 2.87. The number of amides is 1. The van der Waals surface area contributed by atoms with Gasteiger partial charge in [0.2, 0.25) is 0 Å². The van der Waals surface area contributed by atoms with Crippen LogP contribution in [0.25, 0.3) is 11.1 Å². The van der Waals surface area contributed by atoms with Crippen LogP contribution in [0.4, 0.5) is 0 Å². The minimum atomic E-state index is -2.28. The Morgan fingerprint density at radius 3 is 2.40 bits per heavy atom. The summed E-state index contributed by atoms with van der Waals surface area (Å²) in [6.07, 6.45) is -5.36. The molecule has 1 aliphatic rings. The zero-order valence-electron chi connectivity index (χ0n) is 19.0. The van der Waals surface area contributed by atoms with Gasteiger partial charge in [-0.3, -0.25) is 4.79 Å². The first-order valence-corrected chi connectivity index (χ1v) is 11.1. The quantitative estimate of drug-likeness (QED) is 0.258. The fraction of sp³-hybridized carbons (Fsp3) is 0.360. The molecule has 1 fully saturated rings. The summed E-state index contributed by atoms with van der Waals surface area (Å²) in [5, 5.41) is 43.5. The van der Waals surface area contributed by atoms with Crippen molar-refractivity contribution in [3.63, 3.8) is 0 Å². The van der Waals surface area contributed by atoms with E-state index in [1.54, 1.807) is 24.3 Å². The molecule has 7 N–H and O–H groups in total. The third-order valence-electron chi connectivity index (χ3n) is 5.84. The molecule has 10 nitrogen and oxygen atoms in total. The predicted molar refractivity (Wildman–Crippen MR) is 126 cm³/mol. The topological polar surface area (TPSA) is 172 Å². The van der Waals surface area contributed by atoms with E-state index in [9.17, 15) is 30.0 Å². The second-order valence-corrected chi connectivity index (χ2v) is 8.30. The van der Waals surface area contributed by atoms with E-state index >= 15 is 0 Å². The number of aliphatic carboxylic acids is 1. The molecule has 1 saturated heterocycles. The Morgan fingerprint density at radius 1 is 1.17 bits per heavy atom. The van der Waals surface area contributed by atoms with E-state index in [0.29, 0.717) is 5.56 Å². The molecule has 0 radical (unpaired) electrons. The van der Waals surface area contributed by atoms with Gasteiger partial charge in [-0.25, -0.2) is 4.79 Å². The van der Waals surface area contributed by atoms with Gasteiger partial charge in [-0.15, -0.1) is 6.58 Å². The summed E-state index contributed by atoms with van der Waals surface area (Å²) in [5.41, 5.74) is 8.19. The van der Waals surface area contributed by atoms with Crippen LogP contribution in [0.2, 0.25) is 0 Å². The third-order valence-corrected chi connectivity index (χ3v) is 5.84. The van der Waals surface area contributed by atoms with Crippen molar-refractivity contribution < 1.29 is 39.5 Å². The highest BCUT2D eigenvalue weighted by Crippen LogP contribution is 2.32. The highest BCUT2D eigenvalue weighted by atomic mass is 16.7. The van der Waals surface area contributed by atoms with Crippen LogP contribution in [0.5, 0.6) is 0 Å². The van der Waals surface area contributed by atoms with Gasteiger partial charge in [-0.2, -0.15) is 0 Å². The Hall–Kier alpha value is -3.12. The van der Waals surface area contributed by atoms with Crippen LogP contribution < -0.4 is 11.1 Å². The first-order chi connectivity index (χ1) is 16.7. The standard InChI is InChI=1S/C25H30N2O8/c1-2-12-34-25(24(32)33)13-18(28)20(26)22(35-25)21(30)19(29)14-27-23(31)17-10-8-16(9-11-17)15-6-4-3-5-7-15/h2-11,18-22,28-30H,1,12-14,26H2,(H,27,31)(H,32,33). The second kappa shape index (κ2) is 11.5.